The molecule has 2 aromatic carbocycles. The summed E-state index contributed by atoms with van der Waals surface area (Å²) in [6, 6.07) is 15.6. The first-order chi connectivity index (χ1) is 16.2. The summed E-state index contributed by atoms with van der Waals surface area (Å²) < 4.78 is 13.1. The number of hydrogen-bond donors (Lipinski definition) is 0. The van der Waals surface area contributed by atoms with Crippen molar-refractivity contribution in [1.82, 2.24) is 9.66 Å². The molecule has 2 heterocycles. The first-order valence-corrected chi connectivity index (χ1v) is 12.0. The minimum Gasteiger partial charge on any atom is -0.490 e. The summed E-state index contributed by atoms with van der Waals surface area (Å²) in [4.78, 5) is 19.7. The van der Waals surface area contributed by atoms with Crippen molar-refractivity contribution < 1.29 is 9.47 Å². The molecule has 0 saturated carbocycles. The lowest BCUT2D eigenvalue weighted by molar-refractivity contribution is 0.269. The van der Waals surface area contributed by atoms with Gasteiger partial charge < -0.3 is 9.47 Å². The highest BCUT2D eigenvalue weighted by molar-refractivity contribution is 7.18. The van der Waals surface area contributed by atoms with E-state index in [2.05, 4.69) is 10.1 Å². The Kier molecular flexibility index (Phi) is 6.21. The van der Waals surface area contributed by atoms with Gasteiger partial charge in [-0.05, 0) is 67.5 Å². The number of rotatable bonds is 7. The zero-order chi connectivity index (χ0) is 22.6. The molecule has 33 heavy (non-hydrogen) atoms. The van der Waals surface area contributed by atoms with E-state index in [1.165, 1.54) is 27.9 Å². The van der Waals surface area contributed by atoms with E-state index in [0.29, 0.717) is 24.7 Å². The van der Waals surface area contributed by atoms with Crippen molar-refractivity contribution >= 4 is 27.8 Å². The molecule has 0 unspecified atom stereocenters. The lowest BCUT2D eigenvalue weighted by Crippen LogP contribution is -2.18. The number of thiophene rings is 1. The molecule has 0 radical (unpaired) electrons. The summed E-state index contributed by atoms with van der Waals surface area (Å²) in [5.41, 5.74) is 2.96. The van der Waals surface area contributed by atoms with Gasteiger partial charge in [0.15, 0.2) is 11.5 Å². The molecule has 0 N–H and O–H groups in total. The summed E-state index contributed by atoms with van der Waals surface area (Å²) in [6.45, 7) is 2.91. The number of aromatic nitrogens is 2. The van der Waals surface area contributed by atoms with E-state index in [1.54, 1.807) is 17.6 Å². The predicted molar refractivity (Wildman–Crippen MR) is 132 cm³/mol. The van der Waals surface area contributed by atoms with Gasteiger partial charge in [0.05, 0.1) is 18.2 Å². The van der Waals surface area contributed by atoms with Crippen LogP contribution in [0.25, 0.3) is 10.2 Å². The summed E-state index contributed by atoms with van der Waals surface area (Å²) in [5.74, 6) is 1.31. The molecule has 0 atom stereocenters. The van der Waals surface area contributed by atoms with E-state index >= 15 is 0 Å². The number of benzene rings is 2. The molecule has 6 nitrogen and oxygen atoms in total. The van der Waals surface area contributed by atoms with E-state index in [-0.39, 0.29) is 5.56 Å². The lowest BCUT2D eigenvalue weighted by Gasteiger charge is -2.12. The Labute approximate surface area is 196 Å². The molecule has 0 amide bonds. The van der Waals surface area contributed by atoms with Crippen LogP contribution in [0, 0.1) is 0 Å². The molecule has 4 aromatic rings. The molecule has 0 spiro atoms. The van der Waals surface area contributed by atoms with Gasteiger partial charge >= 0.3 is 0 Å². The Hall–Kier alpha value is -3.45. The topological polar surface area (TPSA) is 65.7 Å². The number of fused-ring (bicyclic) bond motifs is 3. The van der Waals surface area contributed by atoms with Gasteiger partial charge in [0, 0.05) is 4.88 Å². The molecule has 2 aromatic heterocycles. The highest BCUT2D eigenvalue weighted by Gasteiger charge is 2.19. The second-order valence-corrected chi connectivity index (χ2v) is 9.03. The van der Waals surface area contributed by atoms with E-state index in [9.17, 15) is 4.79 Å². The Morgan fingerprint density at radius 1 is 1.09 bits per heavy atom. The highest BCUT2D eigenvalue weighted by atomic mass is 32.1. The highest BCUT2D eigenvalue weighted by Crippen LogP contribution is 2.33. The van der Waals surface area contributed by atoms with Crippen molar-refractivity contribution in [2.75, 3.05) is 6.61 Å². The minimum absolute atomic E-state index is 0.108. The molecule has 5 rings (SSSR count). The number of hydrogen-bond acceptors (Lipinski definition) is 6. The fraction of sp³-hybridized carbons (Fsp3) is 0.269. The van der Waals surface area contributed by atoms with Crippen molar-refractivity contribution in [3.8, 4) is 11.5 Å². The Bertz CT molecular complexity index is 1360. The van der Waals surface area contributed by atoms with Crippen LogP contribution in [0.15, 0.2) is 64.8 Å². The Morgan fingerprint density at radius 3 is 2.79 bits per heavy atom. The molecular formula is C26H25N3O3S. The molecule has 1 aliphatic rings. The maximum atomic E-state index is 13.1. The van der Waals surface area contributed by atoms with Crippen LogP contribution in [-0.2, 0) is 19.4 Å². The Morgan fingerprint density at radius 2 is 1.94 bits per heavy atom. The fourth-order valence-corrected chi connectivity index (χ4v) is 5.30. The average molecular weight is 460 g/mol. The van der Waals surface area contributed by atoms with E-state index in [4.69, 9.17) is 9.47 Å². The van der Waals surface area contributed by atoms with Gasteiger partial charge in [0.1, 0.15) is 17.8 Å². The lowest BCUT2D eigenvalue weighted by atomic mass is 9.97. The van der Waals surface area contributed by atoms with E-state index in [1.807, 2.05) is 55.5 Å². The zero-order valence-corrected chi connectivity index (χ0v) is 19.3. The van der Waals surface area contributed by atoms with Gasteiger partial charge in [-0.1, -0.05) is 30.3 Å². The smallest absolute Gasteiger partial charge is 0.282 e. The van der Waals surface area contributed by atoms with Gasteiger partial charge in [0.2, 0.25) is 0 Å². The van der Waals surface area contributed by atoms with Crippen molar-refractivity contribution in [3.05, 3.63) is 86.8 Å². The Balaban J connectivity index is 1.40. The molecule has 0 saturated heterocycles. The van der Waals surface area contributed by atoms with E-state index in [0.717, 1.165) is 40.6 Å². The number of ether oxygens (including phenoxy) is 2. The third kappa shape index (κ3) is 4.54. The molecule has 0 fully saturated rings. The first-order valence-electron chi connectivity index (χ1n) is 11.2. The summed E-state index contributed by atoms with van der Waals surface area (Å²) in [6.07, 6.45) is 7.44. The summed E-state index contributed by atoms with van der Waals surface area (Å²) in [5, 5.41) is 5.13. The van der Waals surface area contributed by atoms with Crippen LogP contribution >= 0.6 is 11.3 Å². The summed E-state index contributed by atoms with van der Waals surface area (Å²) in [7, 11) is 0. The van der Waals surface area contributed by atoms with Gasteiger partial charge in [-0.2, -0.15) is 9.78 Å². The van der Waals surface area contributed by atoms with Crippen LogP contribution in [-0.4, -0.2) is 22.5 Å². The van der Waals surface area contributed by atoms with Crippen LogP contribution in [0.2, 0.25) is 0 Å². The van der Waals surface area contributed by atoms with Crippen molar-refractivity contribution in [2.24, 2.45) is 5.10 Å². The summed E-state index contributed by atoms with van der Waals surface area (Å²) >= 11 is 1.64. The monoisotopic (exact) mass is 459 g/mol. The van der Waals surface area contributed by atoms with Crippen LogP contribution in [0.3, 0.4) is 0 Å². The minimum atomic E-state index is -0.108. The number of aryl methyl sites for hydroxylation is 2. The third-order valence-electron chi connectivity index (χ3n) is 5.70. The molecule has 0 bridgehead atoms. The zero-order valence-electron chi connectivity index (χ0n) is 18.5. The van der Waals surface area contributed by atoms with Crippen LogP contribution < -0.4 is 15.0 Å². The van der Waals surface area contributed by atoms with Crippen molar-refractivity contribution in [3.63, 3.8) is 0 Å². The number of nitrogens with zero attached hydrogens (tertiary/aromatic N) is 3. The quantitative estimate of drug-likeness (QED) is 0.357. The molecule has 0 aliphatic heterocycles. The molecule has 7 heteroatoms. The standard InChI is InChI=1S/C26H25N3O3S/c1-2-31-22-14-19(12-13-21(22)32-16-18-8-4-3-5-9-18)15-28-29-17-27-25-24(26(29)30)20-10-6-7-11-23(20)33-25/h3-5,8-9,12-15,17H,2,6-7,10-11,16H2,1H3/b28-15-. The van der Waals surface area contributed by atoms with Crippen molar-refractivity contribution in [1.29, 1.82) is 0 Å². The van der Waals surface area contributed by atoms with Gasteiger partial charge in [-0.3, -0.25) is 4.79 Å². The largest absolute Gasteiger partial charge is 0.490 e. The second kappa shape index (κ2) is 9.58. The maximum absolute atomic E-state index is 13.1. The second-order valence-electron chi connectivity index (χ2n) is 7.94. The van der Waals surface area contributed by atoms with Gasteiger partial charge in [0.25, 0.3) is 5.56 Å². The van der Waals surface area contributed by atoms with Gasteiger partial charge in [-0.15, -0.1) is 11.3 Å². The maximum Gasteiger partial charge on any atom is 0.282 e. The molecule has 1 aliphatic carbocycles. The van der Waals surface area contributed by atoms with E-state index < -0.39 is 0 Å². The average Bonchev–Trinajstić information content (AvgIpc) is 3.23. The van der Waals surface area contributed by atoms with Crippen LogP contribution in [0.1, 0.15) is 41.3 Å². The normalized spacial score (nSPS) is 13.4. The predicted octanol–water partition coefficient (Wildman–Crippen LogP) is 5.20. The first kappa shape index (κ1) is 21.4. The molecular weight excluding hydrogens is 434 g/mol. The van der Waals surface area contributed by atoms with Crippen LogP contribution in [0.5, 0.6) is 11.5 Å². The van der Waals surface area contributed by atoms with Crippen molar-refractivity contribution in [2.45, 2.75) is 39.2 Å². The third-order valence-corrected chi connectivity index (χ3v) is 6.89. The fourth-order valence-electron chi connectivity index (χ4n) is 4.08. The SMILES string of the molecule is CCOc1cc(/C=N\n2cnc3sc4c(c3c2=O)CCCC4)ccc1OCc1ccccc1. The molecule has 168 valence electrons. The van der Waals surface area contributed by atoms with Gasteiger partial charge in [-0.25, -0.2) is 4.98 Å². The van der Waals surface area contributed by atoms with Crippen LogP contribution in [0.4, 0.5) is 0 Å².